The van der Waals surface area contributed by atoms with Crippen LogP contribution in [0.25, 0.3) is 0 Å². The van der Waals surface area contributed by atoms with Crippen LogP contribution in [-0.2, 0) is 17.8 Å². The molecular weight excluding hydrogens is 264 g/mol. The largest absolute Gasteiger partial charge is 0.489 e. The highest BCUT2D eigenvalue weighted by molar-refractivity contribution is 5.85. The molecule has 0 saturated heterocycles. The second-order valence-corrected chi connectivity index (χ2v) is 3.99. The highest BCUT2D eigenvalue weighted by atomic mass is 35.5. The molecule has 0 bridgehead atoms. The third-order valence-corrected chi connectivity index (χ3v) is 2.53. The quantitative estimate of drug-likeness (QED) is 0.913. The molecule has 0 aliphatic rings. The van der Waals surface area contributed by atoms with Gasteiger partial charge in [-0.05, 0) is 23.3 Å². The van der Waals surface area contributed by atoms with E-state index in [2.05, 4.69) is 0 Å². The summed E-state index contributed by atoms with van der Waals surface area (Å²) in [5.74, 6) is -0.0825. The lowest BCUT2D eigenvalue weighted by atomic mass is 10.1. The first-order valence-electron chi connectivity index (χ1n) is 5.71. The predicted octanol–water partition coefficient (Wildman–Crippen LogP) is 3.31. The zero-order chi connectivity index (χ0) is 12.8. The van der Waals surface area contributed by atoms with Crippen LogP contribution in [0.5, 0.6) is 5.75 Å². The van der Waals surface area contributed by atoms with E-state index in [1.807, 2.05) is 30.3 Å². The van der Waals surface area contributed by atoms with Crippen molar-refractivity contribution in [2.24, 2.45) is 0 Å². The Morgan fingerprint density at radius 2 is 1.58 bits per heavy atom. The molecule has 2 aromatic carbocycles. The molecule has 0 radical (unpaired) electrons. The molecule has 0 aliphatic carbocycles. The van der Waals surface area contributed by atoms with Crippen LogP contribution < -0.4 is 4.74 Å². The predicted molar refractivity (Wildman–Crippen MR) is 75.8 cm³/mol. The highest BCUT2D eigenvalue weighted by Gasteiger charge is 2.00. The van der Waals surface area contributed by atoms with E-state index in [1.165, 1.54) is 0 Å². The summed E-state index contributed by atoms with van der Waals surface area (Å²) >= 11 is 0. The molecule has 0 aliphatic heterocycles. The van der Waals surface area contributed by atoms with E-state index in [-0.39, 0.29) is 18.8 Å². The Balaban J connectivity index is 0.00000180. The Kier molecular flexibility index (Phi) is 5.90. The fourth-order valence-electron chi connectivity index (χ4n) is 1.62. The molecule has 19 heavy (non-hydrogen) atoms. The van der Waals surface area contributed by atoms with Crippen molar-refractivity contribution < 1.29 is 14.6 Å². The van der Waals surface area contributed by atoms with Gasteiger partial charge in [-0.25, -0.2) is 0 Å². The fourth-order valence-corrected chi connectivity index (χ4v) is 1.62. The summed E-state index contributed by atoms with van der Waals surface area (Å²) in [4.78, 5) is 10.5. The van der Waals surface area contributed by atoms with Gasteiger partial charge in [0.2, 0.25) is 0 Å². The SMILES string of the molecule is Cl.O=C(O)Cc1ccc(OCc2ccccc2)cc1. The number of hydrogen-bond donors (Lipinski definition) is 1. The van der Waals surface area contributed by atoms with E-state index in [0.717, 1.165) is 16.9 Å². The van der Waals surface area contributed by atoms with Crippen LogP contribution in [0.1, 0.15) is 11.1 Å². The van der Waals surface area contributed by atoms with E-state index in [4.69, 9.17) is 9.84 Å². The molecule has 1 N–H and O–H groups in total. The summed E-state index contributed by atoms with van der Waals surface area (Å²) in [6, 6.07) is 17.0. The fraction of sp³-hybridized carbons (Fsp3) is 0.133. The Bertz CT molecular complexity index is 509. The lowest BCUT2D eigenvalue weighted by molar-refractivity contribution is -0.136. The summed E-state index contributed by atoms with van der Waals surface area (Å²) in [5, 5.41) is 8.66. The van der Waals surface area contributed by atoms with Crippen LogP contribution in [0.15, 0.2) is 54.6 Å². The van der Waals surface area contributed by atoms with Gasteiger partial charge < -0.3 is 9.84 Å². The molecule has 3 nitrogen and oxygen atoms in total. The standard InChI is InChI=1S/C15H14O3.ClH/c16-15(17)10-12-6-8-14(9-7-12)18-11-13-4-2-1-3-5-13;/h1-9H,10-11H2,(H,16,17);1H. The summed E-state index contributed by atoms with van der Waals surface area (Å²) in [7, 11) is 0. The number of carbonyl (C=O) groups is 1. The van der Waals surface area contributed by atoms with Crippen molar-refractivity contribution >= 4 is 18.4 Å². The van der Waals surface area contributed by atoms with Crippen LogP contribution in [0, 0.1) is 0 Å². The Labute approximate surface area is 118 Å². The van der Waals surface area contributed by atoms with Crippen LogP contribution in [0.2, 0.25) is 0 Å². The zero-order valence-corrected chi connectivity index (χ0v) is 11.1. The molecule has 0 atom stereocenters. The van der Waals surface area contributed by atoms with Crippen LogP contribution >= 0.6 is 12.4 Å². The number of carboxylic acids is 1. The van der Waals surface area contributed by atoms with Gasteiger partial charge in [-0.3, -0.25) is 4.79 Å². The molecule has 0 fully saturated rings. The smallest absolute Gasteiger partial charge is 0.307 e. The van der Waals surface area contributed by atoms with Crippen molar-refractivity contribution in [3.8, 4) is 5.75 Å². The minimum Gasteiger partial charge on any atom is -0.489 e. The Hall–Kier alpha value is -2.00. The average Bonchev–Trinajstić information content (AvgIpc) is 2.38. The van der Waals surface area contributed by atoms with E-state index in [0.29, 0.717) is 6.61 Å². The number of carboxylic acid groups (broad SMARTS) is 1. The molecule has 0 amide bonds. The first-order valence-corrected chi connectivity index (χ1v) is 5.71. The normalized spacial score (nSPS) is 9.47. The van der Waals surface area contributed by atoms with E-state index in [9.17, 15) is 4.79 Å². The van der Waals surface area contributed by atoms with Crippen LogP contribution in [0.3, 0.4) is 0 Å². The molecule has 4 heteroatoms. The summed E-state index contributed by atoms with van der Waals surface area (Å²) in [5.41, 5.74) is 1.88. The number of hydrogen-bond acceptors (Lipinski definition) is 2. The summed E-state index contributed by atoms with van der Waals surface area (Å²) < 4.78 is 5.60. The lowest BCUT2D eigenvalue weighted by Gasteiger charge is -2.06. The Morgan fingerprint density at radius 1 is 0.947 bits per heavy atom. The first kappa shape index (κ1) is 15.1. The van der Waals surface area contributed by atoms with Gasteiger partial charge in [-0.2, -0.15) is 0 Å². The summed E-state index contributed by atoms with van der Waals surface area (Å²) in [6.45, 7) is 0.513. The molecule has 0 spiro atoms. The number of rotatable bonds is 5. The van der Waals surface area contributed by atoms with Gasteiger partial charge >= 0.3 is 5.97 Å². The van der Waals surface area contributed by atoms with Crippen molar-refractivity contribution in [3.05, 3.63) is 65.7 Å². The monoisotopic (exact) mass is 278 g/mol. The topological polar surface area (TPSA) is 46.5 Å². The van der Waals surface area contributed by atoms with Gasteiger partial charge in [-0.15, -0.1) is 12.4 Å². The van der Waals surface area contributed by atoms with Gasteiger partial charge in [0, 0.05) is 0 Å². The molecule has 0 unspecified atom stereocenters. The van der Waals surface area contributed by atoms with Gasteiger partial charge in [0.05, 0.1) is 6.42 Å². The van der Waals surface area contributed by atoms with E-state index in [1.54, 1.807) is 24.3 Å². The second-order valence-electron chi connectivity index (χ2n) is 3.99. The van der Waals surface area contributed by atoms with Crippen molar-refractivity contribution in [2.75, 3.05) is 0 Å². The molecule has 2 rings (SSSR count). The van der Waals surface area contributed by atoms with Gasteiger partial charge in [0.25, 0.3) is 0 Å². The maximum Gasteiger partial charge on any atom is 0.307 e. The maximum absolute atomic E-state index is 10.5. The molecule has 0 aromatic heterocycles. The van der Waals surface area contributed by atoms with Gasteiger partial charge in [0.15, 0.2) is 0 Å². The van der Waals surface area contributed by atoms with Gasteiger partial charge in [0.1, 0.15) is 12.4 Å². The van der Waals surface area contributed by atoms with Crippen LogP contribution in [0.4, 0.5) is 0 Å². The van der Waals surface area contributed by atoms with Crippen molar-refractivity contribution in [1.82, 2.24) is 0 Å². The highest BCUT2D eigenvalue weighted by Crippen LogP contribution is 2.14. The molecule has 2 aromatic rings. The second kappa shape index (κ2) is 7.44. The van der Waals surface area contributed by atoms with Crippen molar-refractivity contribution in [2.45, 2.75) is 13.0 Å². The maximum atomic E-state index is 10.5. The van der Waals surface area contributed by atoms with Crippen molar-refractivity contribution in [1.29, 1.82) is 0 Å². The Morgan fingerprint density at radius 3 is 2.16 bits per heavy atom. The molecule has 0 heterocycles. The van der Waals surface area contributed by atoms with Crippen molar-refractivity contribution in [3.63, 3.8) is 0 Å². The zero-order valence-electron chi connectivity index (χ0n) is 10.3. The minimum absolute atomic E-state index is 0. The number of benzene rings is 2. The third kappa shape index (κ3) is 5.02. The van der Waals surface area contributed by atoms with Crippen LogP contribution in [-0.4, -0.2) is 11.1 Å². The van der Waals surface area contributed by atoms with E-state index < -0.39 is 5.97 Å². The first-order chi connectivity index (χ1) is 8.74. The molecular formula is C15H15ClO3. The lowest BCUT2D eigenvalue weighted by Crippen LogP contribution is -2.00. The average molecular weight is 279 g/mol. The molecule has 100 valence electrons. The van der Waals surface area contributed by atoms with E-state index >= 15 is 0 Å². The summed E-state index contributed by atoms with van der Waals surface area (Å²) in [6.07, 6.45) is 0.0406. The van der Waals surface area contributed by atoms with Gasteiger partial charge in [-0.1, -0.05) is 42.5 Å². The number of aliphatic carboxylic acids is 1. The third-order valence-electron chi connectivity index (χ3n) is 2.53. The minimum atomic E-state index is -0.826. The number of halogens is 1. The number of ether oxygens (including phenoxy) is 1. The molecule has 0 saturated carbocycles.